The standard InChI is InChI=1S/C9H13N5O2/c10-6-2-12-14(4-6)5-9(16)13-7-1-8(15)11-3-7/h2,4,7H,1,3,5,10H2,(H,11,15)(H,13,16). The zero-order chi connectivity index (χ0) is 11.5. The number of nitrogens with zero attached hydrogens (tertiary/aromatic N) is 2. The summed E-state index contributed by atoms with van der Waals surface area (Å²) >= 11 is 0. The Balaban J connectivity index is 1.82. The van der Waals surface area contributed by atoms with Gasteiger partial charge in [0.2, 0.25) is 11.8 Å². The van der Waals surface area contributed by atoms with Crippen LogP contribution >= 0.6 is 0 Å². The molecule has 1 aliphatic heterocycles. The van der Waals surface area contributed by atoms with E-state index in [1.165, 1.54) is 10.9 Å². The van der Waals surface area contributed by atoms with Crippen LogP contribution in [-0.2, 0) is 16.1 Å². The van der Waals surface area contributed by atoms with E-state index in [4.69, 9.17) is 5.73 Å². The fourth-order valence-electron chi connectivity index (χ4n) is 1.59. The molecule has 1 aromatic heterocycles. The van der Waals surface area contributed by atoms with Gasteiger partial charge in [-0.1, -0.05) is 0 Å². The van der Waals surface area contributed by atoms with E-state index < -0.39 is 0 Å². The smallest absolute Gasteiger partial charge is 0.242 e. The van der Waals surface area contributed by atoms with Crippen LogP contribution in [0.3, 0.4) is 0 Å². The van der Waals surface area contributed by atoms with E-state index in [0.717, 1.165) is 0 Å². The van der Waals surface area contributed by atoms with E-state index in [1.807, 2.05) is 0 Å². The molecule has 86 valence electrons. The zero-order valence-corrected chi connectivity index (χ0v) is 8.64. The normalized spacial score (nSPS) is 19.5. The minimum Gasteiger partial charge on any atom is -0.396 e. The first kappa shape index (κ1) is 10.5. The minimum atomic E-state index is -0.176. The number of aromatic nitrogens is 2. The van der Waals surface area contributed by atoms with Crippen molar-refractivity contribution in [1.82, 2.24) is 20.4 Å². The molecule has 1 saturated heterocycles. The van der Waals surface area contributed by atoms with Gasteiger partial charge >= 0.3 is 0 Å². The number of anilines is 1. The van der Waals surface area contributed by atoms with Gasteiger partial charge < -0.3 is 16.4 Å². The second kappa shape index (κ2) is 4.21. The number of amides is 2. The minimum absolute atomic E-state index is 0.0337. The number of hydrogen-bond donors (Lipinski definition) is 3. The zero-order valence-electron chi connectivity index (χ0n) is 8.64. The van der Waals surface area contributed by atoms with Gasteiger partial charge in [0, 0.05) is 19.2 Å². The second-order valence-corrected chi connectivity index (χ2v) is 3.74. The highest BCUT2D eigenvalue weighted by Gasteiger charge is 2.22. The molecule has 16 heavy (non-hydrogen) atoms. The van der Waals surface area contributed by atoms with Crippen molar-refractivity contribution < 1.29 is 9.59 Å². The number of carbonyl (C=O) groups excluding carboxylic acids is 2. The number of carbonyl (C=O) groups is 2. The number of nitrogens with two attached hydrogens (primary N) is 1. The average Bonchev–Trinajstić information content (AvgIpc) is 2.76. The molecule has 0 bridgehead atoms. The Morgan fingerprint density at radius 3 is 3.12 bits per heavy atom. The molecule has 2 heterocycles. The lowest BCUT2D eigenvalue weighted by atomic mass is 10.2. The largest absolute Gasteiger partial charge is 0.396 e. The van der Waals surface area contributed by atoms with E-state index in [1.54, 1.807) is 6.20 Å². The Hall–Kier alpha value is -2.05. The molecule has 4 N–H and O–H groups in total. The Kier molecular flexibility index (Phi) is 2.76. The topological polar surface area (TPSA) is 102 Å². The van der Waals surface area contributed by atoms with E-state index in [2.05, 4.69) is 15.7 Å². The number of hydrogen-bond acceptors (Lipinski definition) is 4. The van der Waals surface area contributed by atoms with Crippen molar-refractivity contribution in [2.24, 2.45) is 0 Å². The first-order valence-electron chi connectivity index (χ1n) is 4.97. The molecule has 1 unspecified atom stereocenters. The summed E-state index contributed by atoms with van der Waals surface area (Å²) < 4.78 is 1.45. The molecule has 0 radical (unpaired) electrons. The van der Waals surface area contributed by atoms with Gasteiger partial charge in [0.15, 0.2) is 0 Å². The highest BCUT2D eigenvalue weighted by Crippen LogP contribution is 2.00. The number of nitrogens with one attached hydrogen (secondary N) is 2. The molecule has 0 aromatic carbocycles. The highest BCUT2D eigenvalue weighted by atomic mass is 16.2. The Bertz CT molecular complexity index is 414. The SMILES string of the molecule is Nc1cnn(CC(=O)NC2CNC(=O)C2)c1. The quantitative estimate of drug-likeness (QED) is 0.578. The summed E-state index contributed by atoms with van der Waals surface area (Å²) in [6, 6.07) is -0.118. The van der Waals surface area contributed by atoms with Crippen LogP contribution in [0.25, 0.3) is 0 Å². The molecule has 0 spiro atoms. The third-order valence-electron chi connectivity index (χ3n) is 2.30. The molecule has 2 amide bonds. The summed E-state index contributed by atoms with van der Waals surface area (Å²) in [5.41, 5.74) is 5.99. The summed E-state index contributed by atoms with van der Waals surface area (Å²) in [4.78, 5) is 22.4. The molecule has 1 atom stereocenters. The first-order valence-corrected chi connectivity index (χ1v) is 4.97. The maximum Gasteiger partial charge on any atom is 0.242 e. The number of nitrogen functional groups attached to an aromatic ring is 1. The van der Waals surface area contributed by atoms with Gasteiger partial charge in [-0.05, 0) is 0 Å². The fourth-order valence-corrected chi connectivity index (χ4v) is 1.59. The van der Waals surface area contributed by atoms with Crippen molar-refractivity contribution in [3.8, 4) is 0 Å². The van der Waals surface area contributed by atoms with Crippen LogP contribution in [0, 0.1) is 0 Å². The van der Waals surface area contributed by atoms with Crippen molar-refractivity contribution >= 4 is 17.5 Å². The van der Waals surface area contributed by atoms with Crippen LogP contribution in [-0.4, -0.2) is 34.2 Å². The fraction of sp³-hybridized carbons (Fsp3) is 0.444. The van der Waals surface area contributed by atoms with Crippen LogP contribution in [0.4, 0.5) is 5.69 Å². The van der Waals surface area contributed by atoms with Crippen LogP contribution in [0.1, 0.15) is 6.42 Å². The average molecular weight is 223 g/mol. The third kappa shape index (κ3) is 2.50. The maximum atomic E-state index is 11.5. The molecule has 0 saturated carbocycles. The molecular weight excluding hydrogens is 210 g/mol. The third-order valence-corrected chi connectivity index (χ3v) is 2.30. The summed E-state index contributed by atoms with van der Waals surface area (Å²) in [6.45, 7) is 0.605. The second-order valence-electron chi connectivity index (χ2n) is 3.74. The molecule has 2 rings (SSSR count). The van der Waals surface area contributed by atoms with E-state index in [0.29, 0.717) is 18.7 Å². The molecule has 7 heteroatoms. The van der Waals surface area contributed by atoms with E-state index in [9.17, 15) is 9.59 Å². The summed E-state index contributed by atoms with van der Waals surface area (Å²) in [5, 5.41) is 9.28. The van der Waals surface area contributed by atoms with Gasteiger partial charge in [-0.3, -0.25) is 14.3 Å². The molecular formula is C9H13N5O2. The lowest BCUT2D eigenvalue weighted by Crippen LogP contribution is -2.38. The van der Waals surface area contributed by atoms with E-state index >= 15 is 0 Å². The van der Waals surface area contributed by atoms with E-state index in [-0.39, 0.29) is 24.4 Å². The van der Waals surface area contributed by atoms with Crippen molar-refractivity contribution in [3.05, 3.63) is 12.4 Å². The van der Waals surface area contributed by atoms with Crippen molar-refractivity contribution in [1.29, 1.82) is 0 Å². The van der Waals surface area contributed by atoms with Crippen molar-refractivity contribution in [3.63, 3.8) is 0 Å². The lowest BCUT2D eigenvalue weighted by Gasteiger charge is -2.09. The lowest BCUT2D eigenvalue weighted by molar-refractivity contribution is -0.122. The van der Waals surface area contributed by atoms with Gasteiger partial charge in [0.05, 0.1) is 17.9 Å². The predicted octanol–water partition coefficient (Wildman–Crippen LogP) is -1.53. The monoisotopic (exact) mass is 223 g/mol. The van der Waals surface area contributed by atoms with Gasteiger partial charge in [0.1, 0.15) is 6.54 Å². The molecule has 0 aliphatic carbocycles. The predicted molar refractivity (Wildman–Crippen MR) is 56.2 cm³/mol. The molecule has 1 fully saturated rings. The molecule has 1 aromatic rings. The van der Waals surface area contributed by atoms with Gasteiger partial charge in [-0.25, -0.2) is 0 Å². The van der Waals surface area contributed by atoms with Crippen LogP contribution in [0.5, 0.6) is 0 Å². The van der Waals surface area contributed by atoms with Crippen LogP contribution in [0.15, 0.2) is 12.4 Å². The van der Waals surface area contributed by atoms with Gasteiger partial charge in [-0.15, -0.1) is 0 Å². The van der Waals surface area contributed by atoms with Crippen LogP contribution in [0.2, 0.25) is 0 Å². The van der Waals surface area contributed by atoms with Gasteiger partial charge in [0.25, 0.3) is 0 Å². The summed E-state index contributed by atoms with van der Waals surface area (Å²) in [6.07, 6.45) is 3.40. The van der Waals surface area contributed by atoms with Crippen molar-refractivity contribution in [2.45, 2.75) is 19.0 Å². The molecule has 7 nitrogen and oxygen atoms in total. The Morgan fingerprint density at radius 1 is 1.75 bits per heavy atom. The van der Waals surface area contributed by atoms with Gasteiger partial charge in [-0.2, -0.15) is 5.10 Å². The van der Waals surface area contributed by atoms with Crippen molar-refractivity contribution in [2.75, 3.05) is 12.3 Å². The summed E-state index contributed by atoms with van der Waals surface area (Å²) in [5.74, 6) is -0.210. The summed E-state index contributed by atoms with van der Waals surface area (Å²) in [7, 11) is 0. The Labute approximate surface area is 92.0 Å². The maximum absolute atomic E-state index is 11.5. The number of rotatable bonds is 3. The van der Waals surface area contributed by atoms with Crippen LogP contribution < -0.4 is 16.4 Å². The molecule has 1 aliphatic rings. The first-order chi connectivity index (χ1) is 7.63. The highest BCUT2D eigenvalue weighted by molar-refractivity contribution is 5.81. The Morgan fingerprint density at radius 2 is 2.56 bits per heavy atom.